The molecule has 8 nitrogen and oxygen atoms in total. The van der Waals surface area contributed by atoms with Crippen LogP contribution in [0, 0.1) is 6.92 Å². The Morgan fingerprint density at radius 1 is 1.20 bits per heavy atom. The normalized spacial score (nSPS) is 13.7. The van der Waals surface area contributed by atoms with Gasteiger partial charge in [0.2, 0.25) is 0 Å². The van der Waals surface area contributed by atoms with Gasteiger partial charge in [-0.25, -0.2) is 4.68 Å². The van der Waals surface area contributed by atoms with Crippen LogP contribution in [0.4, 0.5) is 0 Å². The molecular formula is C20H18Cl2N4O4. The van der Waals surface area contributed by atoms with E-state index < -0.39 is 12.0 Å². The van der Waals surface area contributed by atoms with E-state index in [0.29, 0.717) is 51.7 Å². The van der Waals surface area contributed by atoms with Crippen molar-refractivity contribution in [2.24, 2.45) is 0 Å². The van der Waals surface area contributed by atoms with Gasteiger partial charge in [0.15, 0.2) is 17.2 Å². The summed E-state index contributed by atoms with van der Waals surface area (Å²) >= 11 is 12.2. The van der Waals surface area contributed by atoms with Gasteiger partial charge in [-0.15, -0.1) is 5.10 Å². The van der Waals surface area contributed by atoms with Gasteiger partial charge in [0.1, 0.15) is 13.2 Å². The number of fused-ring (bicyclic) bond motifs is 1. The van der Waals surface area contributed by atoms with Crippen LogP contribution in [-0.4, -0.2) is 45.8 Å². The van der Waals surface area contributed by atoms with Crippen molar-refractivity contribution < 1.29 is 19.4 Å². The van der Waals surface area contributed by atoms with Crippen LogP contribution in [-0.2, 0) is 0 Å². The van der Waals surface area contributed by atoms with Crippen molar-refractivity contribution in [3.8, 4) is 17.2 Å². The van der Waals surface area contributed by atoms with E-state index in [4.69, 9.17) is 32.7 Å². The highest BCUT2D eigenvalue weighted by Crippen LogP contribution is 2.32. The van der Waals surface area contributed by atoms with Crippen molar-refractivity contribution in [2.45, 2.75) is 13.0 Å². The summed E-state index contributed by atoms with van der Waals surface area (Å²) in [4.78, 5) is 12.6. The number of aliphatic hydroxyl groups excluding tert-OH is 1. The molecule has 1 aliphatic rings. The molecule has 3 aromatic rings. The maximum absolute atomic E-state index is 12.6. The second kappa shape index (κ2) is 8.51. The van der Waals surface area contributed by atoms with Crippen LogP contribution >= 0.6 is 23.2 Å². The van der Waals surface area contributed by atoms with Crippen LogP contribution in [0.1, 0.15) is 27.8 Å². The number of halogens is 2. The average molecular weight is 449 g/mol. The molecule has 0 fully saturated rings. The monoisotopic (exact) mass is 448 g/mol. The second-order valence-corrected chi connectivity index (χ2v) is 7.44. The largest absolute Gasteiger partial charge is 0.486 e. The van der Waals surface area contributed by atoms with E-state index in [1.165, 1.54) is 4.68 Å². The molecule has 0 unspecified atom stereocenters. The topological polar surface area (TPSA) is 98.5 Å². The molecule has 2 N–H and O–H groups in total. The van der Waals surface area contributed by atoms with Crippen LogP contribution in [0.2, 0.25) is 10.0 Å². The third-order valence-corrected chi connectivity index (χ3v) is 5.33. The lowest BCUT2D eigenvalue weighted by Crippen LogP contribution is -2.29. The lowest BCUT2D eigenvalue weighted by atomic mass is 10.1. The fourth-order valence-electron chi connectivity index (χ4n) is 3.15. The van der Waals surface area contributed by atoms with E-state index in [9.17, 15) is 9.90 Å². The number of rotatable bonds is 5. The number of nitrogens with one attached hydrogen (secondary N) is 1. The standard InChI is InChI=1S/C20H18Cl2N4O4/c1-11-19(20(28)23-10-15(27)18-13(21)3-2-4-14(18)22)24-25-26(11)12-5-6-16-17(9-12)30-8-7-29-16/h2-6,9,15,27H,7-8,10H2,1H3,(H,23,28)/t15-/m1/s1. The Kier molecular flexibility index (Phi) is 5.80. The second-order valence-electron chi connectivity index (χ2n) is 6.62. The van der Waals surface area contributed by atoms with E-state index in [1.54, 1.807) is 43.3 Å². The Morgan fingerprint density at radius 2 is 1.90 bits per heavy atom. The Labute approximate surface area is 182 Å². The number of aromatic nitrogens is 3. The number of benzene rings is 2. The first kappa shape index (κ1) is 20.5. The Bertz CT molecular complexity index is 1080. The van der Waals surface area contributed by atoms with E-state index in [0.717, 1.165) is 0 Å². The molecule has 1 atom stereocenters. The summed E-state index contributed by atoms with van der Waals surface area (Å²) in [6, 6.07) is 10.3. The SMILES string of the molecule is Cc1c(C(=O)NC[C@@H](O)c2c(Cl)cccc2Cl)nnn1-c1ccc2c(c1)OCCO2. The molecule has 0 spiro atoms. The predicted octanol–water partition coefficient (Wildman–Crippen LogP) is 3.12. The Balaban J connectivity index is 1.49. The molecule has 0 saturated carbocycles. The highest BCUT2D eigenvalue weighted by molar-refractivity contribution is 6.36. The van der Waals surface area contributed by atoms with Gasteiger partial charge in [-0.05, 0) is 31.2 Å². The van der Waals surface area contributed by atoms with Crippen LogP contribution in [0.15, 0.2) is 36.4 Å². The lowest BCUT2D eigenvalue weighted by Gasteiger charge is -2.18. The van der Waals surface area contributed by atoms with Crippen molar-refractivity contribution >= 4 is 29.1 Å². The van der Waals surface area contributed by atoms with Crippen molar-refractivity contribution in [1.82, 2.24) is 20.3 Å². The molecule has 30 heavy (non-hydrogen) atoms. The molecule has 2 heterocycles. The fraction of sp³-hybridized carbons (Fsp3) is 0.250. The Hall–Kier alpha value is -2.81. The van der Waals surface area contributed by atoms with E-state index >= 15 is 0 Å². The summed E-state index contributed by atoms with van der Waals surface area (Å²) in [7, 11) is 0. The molecule has 1 amide bonds. The summed E-state index contributed by atoms with van der Waals surface area (Å²) in [5.41, 5.74) is 1.72. The van der Waals surface area contributed by atoms with Crippen LogP contribution in [0.3, 0.4) is 0 Å². The van der Waals surface area contributed by atoms with Gasteiger partial charge in [0.25, 0.3) is 5.91 Å². The number of amides is 1. The number of ether oxygens (including phenoxy) is 2. The number of aliphatic hydroxyl groups is 1. The van der Waals surface area contributed by atoms with Gasteiger partial charge in [-0.2, -0.15) is 0 Å². The fourth-order valence-corrected chi connectivity index (χ4v) is 3.80. The van der Waals surface area contributed by atoms with Gasteiger partial charge in [0, 0.05) is 28.2 Å². The number of hydrogen-bond acceptors (Lipinski definition) is 6. The summed E-state index contributed by atoms with van der Waals surface area (Å²) in [6.45, 7) is 2.62. The number of carbonyl (C=O) groups excluding carboxylic acids is 1. The van der Waals surface area contributed by atoms with Gasteiger partial charge >= 0.3 is 0 Å². The molecule has 0 aliphatic carbocycles. The number of nitrogens with zero attached hydrogens (tertiary/aromatic N) is 3. The van der Waals surface area contributed by atoms with Crippen LogP contribution in [0.5, 0.6) is 11.5 Å². The third-order valence-electron chi connectivity index (χ3n) is 4.67. The van der Waals surface area contributed by atoms with Gasteiger partial charge in [-0.1, -0.05) is 34.5 Å². The molecule has 0 bridgehead atoms. The summed E-state index contributed by atoms with van der Waals surface area (Å²) < 4.78 is 12.6. The van der Waals surface area contributed by atoms with E-state index in [2.05, 4.69) is 15.6 Å². The zero-order valence-electron chi connectivity index (χ0n) is 15.9. The molecule has 10 heteroatoms. The highest BCUT2D eigenvalue weighted by Gasteiger charge is 2.21. The third kappa shape index (κ3) is 3.94. The van der Waals surface area contributed by atoms with Crippen LogP contribution < -0.4 is 14.8 Å². The average Bonchev–Trinajstić information content (AvgIpc) is 3.13. The quantitative estimate of drug-likeness (QED) is 0.621. The smallest absolute Gasteiger partial charge is 0.273 e. The highest BCUT2D eigenvalue weighted by atomic mass is 35.5. The number of carbonyl (C=O) groups is 1. The maximum atomic E-state index is 12.6. The first-order valence-corrected chi connectivity index (χ1v) is 9.94. The van der Waals surface area contributed by atoms with E-state index in [1.807, 2.05) is 0 Å². The molecule has 1 aliphatic heterocycles. The summed E-state index contributed by atoms with van der Waals surface area (Å²) in [5, 5.41) is 21.7. The van der Waals surface area contributed by atoms with Gasteiger partial charge < -0.3 is 19.9 Å². The zero-order chi connectivity index (χ0) is 21.3. The molecule has 1 aromatic heterocycles. The van der Waals surface area contributed by atoms with E-state index in [-0.39, 0.29) is 12.2 Å². The molecular weight excluding hydrogens is 431 g/mol. The maximum Gasteiger partial charge on any atom is 0.273 e. The van der Waals surface area contributed by atoms with Gasteiger partial charge in [-0.3, -0.25) is 4.79 Å². The van der Waals surface area contributed by atoms with Crippen molar-refractivity contribution in [2.75, 3.05) is 19.8 Å². The predicted molar refractivity (Wildman–Crippen MR) is 111 cm³/mol. The molecule has 0 saturated heterocycles. The minimum absolute atomic E-state index is 0.0847. The zero-order valence-corrected chi connectivity index (χ0v) is 17.4. The van der Waals surface area contributed by atoms with Gasteiger partial charge in [0.05, 0.1) is 17.5 Å². The van der Waals surface area contributed by atoms with Crippen molar-refractivity contribution in [3.05, 3.63) is 63.4 Å². The van der Waals surface area contributed by atoms with Crippen molar-refractivity contribution in [1.29, 1.82) is 0 Å². The summed E-state index contributed by atoms with van der Waals surface area (Å²) in [5.74, 6) is 0.797. The first-order valence-electron chi connectivity index (χ1n) is 9.18. The molecule has 2 aromatic carbocycles. The summed E-state index contributed by atoms with van der Waals surface area (Å²) in [6.07, 6.45) is -1.07. The lowest BCUT2D eigenvalue weighted by molar-refractivity contribution is 0.0910. The Morgan fingerprint density at radius 3 is 2.63 bits per heavy atom. The number of hydrogen-bond donors (Lipinski definition) is 2. The minimum Gasteiger partial charge on any atom is -0.486 e. The van der Waals surface area contributed by atoms with Crippen molar-refractivity contribution in [3.63, 3.8) is 0 Å². The van der Waals surface area contributed by atoms with Crippen LogP contribution in [0.25, 0.3) is 5.69 Å². The molecule has 4 rings (SSSR count). The minimum atomic E-state index is -1.07. The molecule has 156 valence electrons. The molecule has 0 radical (unpaired) electrons. The first-order chi connectivity index (χ1) is 14.5.